The largest absolute Gasteiger partial charge is 0.298 e. The minimum absolute atomic E-state index is 0.0786. The SMILES string of the molecule is C/C(C=O)=C\Cc1ccc([N+](=O)[O-])cc1. The van der Waals surface area contributed by atoms with Crippen LogP contribution >= 0.6 is 0 Å². The lowest BCUT2D eigenvalue weighted by atomic mass is 10.1. The molecular formula is C11H11NO3. The summed E-state index contributed by atoms with van der Waals surface area (Å²) in [6, 6.07) is 6.29. The molecule has 15 heavy (non-hydrogen) atoms. The van der Waals surface area contributed by atoms with Gasteiger partial charge in [0.25, 0.3) is 5.69 Å². The van der Waals surface area contributed by atoms with Crippen molar-refractivity contribution in [3.05, 3.63) is 51.6 Å². The number of hydrogen-bond acceptors (Lipinski definition) is 3. The standard InChI is InChI=1S/C11H11NO3/c1-9(8-13)2-3-10-4-6-11(7-5-10)12(14)15/h2,4-8H,3H2,1H3/b9-2+. The molecule has 0 atom stereocenters. The number of carbonyl (C=O) groups excluding carboxylic acids is 1. The van der Waals surface area contributed by atoms with Crippen LogP contribution in [-0.2, 0) is 11.2 Å². The molecule has 0 spiro atoms. The molecule has 0 fully saturated rings. The molecule has 0 unspecified atom stereocenters. The van der Waals surface area contributed by atoms with E-state index in [1.807, 2.05) is 0 Å². The second kappa shape index (κ2) is 5.05. The third-order valence-electron chi connectivity index (χ3n) is 1.99. The highest BCUT2D eigenvalue weighted by atomic mass is 16.6. The number of allylic oxidation sites excluding steroid dienone is 2. The van der Waals surface area contributed by atoms with Crippen LogP contribution in [0.1, 0.15) is 12.5 Å². The summed E-state index contributed by atoms with van der Waals surface area (Å²) in [6.07, 6.45) is 3.18. The molecular weight excluding hydrogens is 194 g/mol. The van der Waals surface area contributed by atoms with Crippen molar-refractivity contribution in [3.63, 3.8) is 0 Å². The van der Waals surface area contributed by atoms with Gasteiger partial charge in [-0.1, -0.05) is 18.2 Å². The quantitative estimate of drug-likeness (QED) is 0.328. The Morgan fingerprint density at radius 1 is 1.40 bits per heavy atom. The van der Waals surface area contributed by atoms with Gasteiger partial charge >= 0.3 is 0 Å². The minimum atomic E-state index is -0.434. The van der Waals surface area contributed by atoms with Crippen LogP contribution in [0.15, 0.2) is 35.9 Å². The third-order valence-corrected chi connectivity index (χ3v) is 1.99. The number of nitro groups is 1. The van der Waals surface area contributed by atoms with E-state index in [1.165, 1.54) is 12.1 Å². The molecule has 0 aliphatic heterocycles. The van der Waals surface area contributed by atoms with Gasteiger partial charge in [-0.25, -0.2) is 0 Å². The molecule has 1 aromatic rings. The lowest BCUT2D eigenvalue weighted by molar-refractivity contribution is -0.384. The number of nitrogens with zero attached hydrogens (tertiary/aromatic N) is 1. The summed E-state index contributed by atoms with van der Waals surface area (Å²) < 4.78 is 0. The summed E-state index contributed by atoms with van der Waals surface area (Å²) in [7, 11) is 0. The average Bonchev–Trinajstić information content (AvgIpc) is 2.26. The Labute approximate surface area is 87.4 Å². The van der Waals surface area contributed by atoms with E-state index in [1.54, 1.807) is 25.1 Å². The topological polar surface area (TPSA) is 60.2 Å². The molecule has 78 valence electrons. The van der Waals surface area contributed by atoms with Gasteiger partial charge in [0, 0.05) is 12.1 Å². The molecule has 4 nitrogen and oxygen atoms in total. The van der Waals surface area contributed by atoms with Crippen molar-refractivity contribution in [2.75, 3.05) is 0 Å². The molecule has 0 radical (unpaired) electrons. The van der Waals surface area contributed by atoms with E-state index < -0.39 is 4.92 Å². The molecule has 1 rings (SSSR count). The molecule has 0 aromatic heterocycles. The predicted octanol–water partition coefficient (Wildman–Crippen LogP) is 2.28. The third kappa shape index (κ3) is 3.34. The zero-order chi connectivity index (χ0) is 11.3. The van der Waals surface area contributed by atoms with E-state index in [9.17, 15) is 14.9 Å². The van der Waals surface area contributed by atoms with Gasteiger partial charge in [0.15, 0.2) is 0 Å². The van der Waals surface area contributed by atoms with Gasteiger partial charge in [0.05, 0.1) is 4.92 Å². The Hall–Kier alpha value is -1.97. The van der Waals surface area contributed by atoms with Crippen LogP contribution in [-0.4, -0.2) is 11.2 Å². The number of rotatable bonds is 4. The maximum atomic E-state index is 10.4. The van der Waals surface area contributed by atoms with Crippen molar-refractivity contribution in [3.8, 4) is 0 Å². The summed E-state index contributed by atoms with van der Waals surface area (Å²) >= 11 is 0. The molecule has 0 bridgehead atoms. The molecule has 0 aliphatic rings. The number of carbonyl (C=O) groups is 1. The van der Waals surface area contributed by atoms with Crippen LogP contribution in [0.5, 0.6) is 0 Å². The first-order valence-electron chi connectivity index (χ1n) is 4.48. The van der Waals surface area contributed by atoms with Crippen molar-refractivity contribution >= 4 is 12.0 Å². The Bertz CT molecular complexity index is 393. The molecule has 1 aromatic carbocycles. The Morgan fingerprint density at radius 2 is 2.00 bits per heavy atom. The normalized spacial score (nSPS) is 11.1. The summed E-state index contributed by atoms with van der Waals surface area (Å²) in [4.78, 5) is 20.2. The van der Waals surface area contributed by atoms with Gasteiger partial charge in [0.2, 0.25) is 0 Å². The van der Waals surface area contributed by atoms with E-state index in [2.05, 4.69) is 0 Å². The second-order valence-electron chi connectivity index (χ2n) is 3.19. The number of hydrogen-bond donors (Lipinski definition) is 0. The molecule has 0 aliphatic carbocycles. The van der Waals surface area contributed by atoms with Crippen LogP contribution < -0.4 is 0 Å². The van der Waals surface area contributed by atoms with Crippen molar-refractivity contribution < 1.29 is 9.72 Å². The number of aldehydes is 1. The summed E-state index contributed by atoms with van der Waals surface area (Å²) in [6.45, 7) is 1.72. The van der Waals surface area contributed by atoms with Crippen molar-refractivity contribution in [2.24, 2.45) is 0 Å². The van der Waals surface area contributed by atoms with Gasteiger partial charge in [-0.2, -0.15) is 0 Å². The Morgan fingerprint density at radius 3 is 2.47 bits per heavy atom. The molecule has 0 heterocycles. The monoisotopic (exact) mass is 205 g/mol. The first-order valence-corrected chi connectivity index (χ1v) is 4.48. The Kier molecular flexibility index (Phi) is 3.74. The molecule has 0 saturated carbocycles. The van der Waals surface area contributed by atoms with E-state index in [-0.39, 0.29) is 5.69 Å². The van der Waals surface area contributed by atoms with Gasteiger partial charge in [-0.05, 0) is 24.5 Å². The maximum Gasteiger partial charge on any atom is 0.269 e. The van der Waals surface area contributed by atoms with Crippen LogP contribution in [0.4, 0.5) is 5.69 Å². The van der Waals surface area contributed by atoms with Crippen molar-refractivity contribution in [1.29, 1.82) is 0 Å². The van der Waals surface area contributed by atoms with Gasteiger partial charge in [-0.3, -0.25) is 14.9 Å². The van der Waals surface area contributed by atoms with E-state index in [0.29, 0.717) is 12.0 Å². The molecule has 0 amide bonds. The number of benzene rings is 1. The van der Waals surface area contributed by atoms with Gasteiger partial charge in [0.1, 0.15) is 6.29 Å². The van der Waals surface area contributed by atoms with Crippen molar-refractivity contribution in [1.82, 2.24) is 0 Å². The first kappa shape index (κ1) is 11.1. The maximum absolute atomic E-state index is 10.4. The van der Waals surface area contributed by atoms with Crippen LogP contribution in [0.3, 0.4) is 0 Å². The lowest BCUT2D eigenvalue weighted by Crippen LogP contribution is -1.89. The average molecular weight is 205 g/mol. The fourth-order valence-corrected chi connectivity index (χ4v) is 1.08. The van der Waals surface area contributed by atoms with Crippen LogP contribution in [0, 0.1) is 10.1 Å². The van der Waals surface area contributed by atoms with Crippen LogP contribution in [0.25, 0.3) is 0 Å². The van der Waals surface area contributed by atoms with Crippen LogP contribution in [0.2, 0.25) is 0 Å². The Balaban J connectivity index is 2.73. The highest BCUT2D eigenvalue weighted by molar-refractivity contribution is 5.72. The minimum Gasteiger partial charge on any atom is -0.298 e. The first-order chi connectivity index (χ1) is 7.13. The fraction of sp³-hybridized carbons (Fsp3) is 0.182. The van der Waals surface area contributed by atoms with Gasteiger partial charge < -0.3 is 0 Å². The summed E-state index contributed by atoms with van der Waals surface area (Å²) in [5.41, 5.74) is 1.69. The number of non-ortho nitro benzene ring substituents is 1. The highest BCUT2D eigenvalue weighted by Gasteiger charge is 2.02. The summed E-state index contributed by atoms with van der Waals surface area (Å²) in [5.74, 6) is 0. The smallest absolute Gasteiger partial charge is 0.269 e. The van der Waals surface area contributed by atoms with E-state index >= 15 is 0 Å². The lowest BCUT2D eigenvalue weighted by Gasteiger charge is -1.96. The zero-order valence-corrected chi connectivity index (χ0v) is 8.34. The highest BCUT2D eigenvalue weighted by Crippen LogP contribution is 2.12. The fourth-order valence-electron chi connectivity index (χ4n) is 1.08. The van der Waals surface area contributed by atoms with Gasteiger partial charge in [-0.15, -0.1) is 0 Å². The summed E-state index contributed by atoms with van der Waals surface area (Å²) in [5, 5.41) is 10.4. The second-order valence-corrected chi connectivity index (χ2v) is 3.19. The molecule has 4 heteroatoms. The van der Waals surface area contributed by atoms with E-state index in [0.717, 1.165) is 11.8 Å². The molecule has 0 N–H and O–H groups in total. The van der Waals surface area contributed by atoms with Crippen molar-refractivity contribution in [2.45, 2.75) is 13.3 Å². The number of nitro benzene ring substituents is 1. The zero-order valence-electron chi connectivity index (χ0n) is 8.34. The van der Waals surface area contributed by atoms with E-state index in [4.69, 9.17) is 0 Å². The predicted molar refractivity (Wildman–Crippen MR) is 56.6 cm³/mol. The molecule has 0 saturated heterocycles.